The van der Waals surface area contributed by atoms with Crippen molar-refractivity contribution >= 4 is 24.2 Å². The van der Waals surface area contributed by atoms with Gasteiger partial charge in [0.1, 0.15) is 11.2 Å². The lowest BCUT2D eigenvalue weighted by atomic mass is 9.79. The van der Waals surface area contributed by atoms with Gasteiger partial charge in [-0.05, 0) is 54.2 Å². The highest BCUT2D eigenvalue weighted by Crippen LogP contribution is 2.36. The van der Waals surface area contributed by atoms with Crippen molar-refractivity contribution in [3.63, 3.8) is 0 Å². The highest BCUT2D eigenvalue weighted by Gasteiger charge is 2.52. The number of fused-ring (bicyclic) bond motifs is 1. The summed E-state index contributed by atoms with van der Waals surface area (Å²) in [5.41, 5.74) is 0.400. The van der Waals surface area contributed by atoms with Crippen LogP contribution in [-0.2, 0) is 20.6 Å². The van der Waals surface area contributed by atoms with Gasteiger partial charge in [-0.25, -0.2) is 9.78 Å². The molecule has 29 heavy (non-hydrogen) atoms. The van der Waals surface area contributed by atoms with E-state index in [0.717, 1.165) is 5.56 Å². The second-order valence-electron chi connectivity index (χ2n) is 8.52. The van der Waals surface area contributed by atoms with Gasteiger partial charge in [0.2, 0.25) is 0 Å². The SMILES string of the molecule is CCOC(=O)c1cnc2c(CN(C)C)cc(B3OC(C)(C)C(C)(C)O3)cn2c1=O. The fourth-order valence-corrected chi connectivity index (χ4v) is 3.19. The highest BCUT2D eigenvalue weighted by atomic mass is 16.7. The van der Waals surface area contributed by atoms with Crippen molar-refractivity contribution in [3.8, 4) is 0 Å². The van der Waals surface area contributed by atoms with Crippen LogP contribution in [0.1, 0.15) is 50.5 Å². The number of pyridine rings is 1. The Labute approximate surface area is 170 Å². The van der Waals surface area contributed by atoms with Crippen LogP contribution in [0.5, 0.6) is 0 Å². The summed E-state index contributed by atoms with van der Waals surface area (Å²) in [6, 6.07) is 1.94. The maximum absolute atomic E-state index is 13.0. The van der Waals surface area contributed by atoms with Crippen molar-refractivity contribution in [1.29, 1.82) is 0 Å². The van der Waals surface area contributed by atoms with Gasteiger partial charge in [-0.1, -0.05) is 6.07 Å². The highest BCUT2D eigenvalue weighted by molar-refractivity contribution is 6.62. The summed E-state index contributed by atoms with van der Waals surface area (Å²) in [5.74, 6) is -0.686. The first-order chi connectivity index (χ1) is 13.5. The Kier molecular flexibility index (Phi) is 5.59. The number of carbonyl (C=O) groups excluding carboxylic acids is 1. The van der Waals surface area contributed by atoms with Crippen molar-refractivity contribution in [3.05, 3.63) is 39.9 Å². The molecule has 1 saturated heterocycles. The number of ether oxygens (including phenoxy) is 1. The normalized spacial score (nSPS) is 17.9. The monoisotopic (exact) mass is 401 g/mol. The molecule has 0 amide bonds. The van der Waals surface area contributed by atoms with E-state index in [1.807, 2.05) is 52.8 Å². The van der Waals surface area contributed by atoms with Crippen molar-refractivity contribution in [2.75, 3.05) is 20.7 Å². The van der Waals surface area contributed by atoms with Crippen LogP contribution in [0.2, 0.25) is 0 Å². The van der Waals surface area contributed by atoms with Crippen molar-refractivity contribution in [2.24, 2.45) is 0 Å². The Morgan fingerprint density at radius 2 is 1.86 bits per heavy atom. The number of hydrogen-bond donors (Lipinski definition) is 0. The third kappa shape index (κ3) is 3.94. The minimum atomic E-state index is -0.686. The van der Waals surface area contributed by atoms with Gasteiger partial charge in [-0.2, -0.15) is 0 Å². The fourth-order valence-electron chi connectivity index (χ4n) is 3.19. The number of aromatic nitrogens is 2. The maximum Gasteiger partial charge on any atom is 0.496 e. The van der Waals surface area contributed by atoms with E-state index < -0.39 is 29.8 Å². The Hall–Kier alpha value is -2.23. The molecule has 2 aromatic heterocycles. The topological polar surface area (TPSA) is 82.4 Å². The standard InChI is InChI=1S/C20H28BN3O5/c1-8-27-18(26)15-10-22-16-13(11-23(6)7)9-14(12-24(16)17(15)25)21-28-19(2,3)20(4,5)29-21/h9-10,12H,8,11H2,1-7H3. The third-order valence-corrected chi connectivity index (χ3v) is 5.41. The average Bonchev–Trinajstić information content (AvgIpc) is 2.83. The van der Waals surface area contributed by atoms with Crippen LogP contribution >= 0.6 is 0 Å². The number of rotatable bonds is 5. The molecule has 1 fully saturated rings. The van der Waals surface area contributed by atoms with E-state index in [2.05, 4.69) is 4.98 Å². The fraction of sp³-hybridized carbons (Fsp3) is 0.550. The first kappa shape index (κ1) is 21.5. The van der Waals surface area contributed by atoms with Gasteiger partial charge in [0.05, 0.1) is 17.8 Å². The van der Waals surface area contributed by atoms with Crippen LogP contribution in [-0.4, -0.2) is 59.3 Å². The van der Waals surface area contributed by atoms with E-state index in [4.69, 9.17) is 14.0 Å². The largest absolute Gasteiger partial charge is 0.496 e. The molecule has 3 heterocycles. The van der Waals surface area contributed by atoms with Gasteiger partial charge < -0.3 is 18.9 Å². The molecular formula is C20H28BN3O5. The zero-order chi connectivity index (χ0) is 21.6. The van der Waals surface area contributed by atoms with Gasteiger partial charge in [-0.3, -0.25) is 9.20 Å². The summed E-state index contributed by atoms with van der Waals surface area (Å²) in [4.78, 5) is 31.5. The van der Waals surface area contributed by atoms with Crippen LogP contribution in [0.3, 0.4) is 0 Å². The minimum Gasteiger partial charge on any atom is -0.462 e. The molecule has 9 heteroatoms. The lowest BCUT2D eigenvalue weighted by molar-refractivity contribution is 0.00578. The molecule has 0 radical (unpaired) electrons. The van der Waals surface area contributed by atoms with E-state index in [9.17, 15) is 9.59 Å². The van der Waals surface area contributed by atoms with E-state index in [-0.39, 0.29) is 12.2 Å². The lowest BCUT2D eigenvalue weighted by Crippen LogP contribution is -2.41. The molecule has 156 valence electrons. The average molecular weight is 401 g/mol. The number of carbonyl (C=O) groups is 1. The van der Waals surface area contributed by atoms with Crippen LogP contribution in [0.4, 0.5) is 0 Å². The molecule has 0 N–H and O–H groups in total. The summed E-state index contributed by atoms with van der Waals surface area (Å²) in [7, 11) is 3.23. The molecule has 0 saturated carbocycles. The molecule has 0 spiro atoms. The zero-order valence-electron chi connectivity index (χ0n) is 18.1. The van der Waals surface area contributed by atoms with Gasteiger partial charge >= 0.3 is 13.1 Å². The Bertz CT molecular complexity index is 984. The molecule has 1 aliphatic heterocycles. The van der Waals surface area contributed by atoms with Crippen LogP contribution < -0.4 is 11.0 Å². The summed E-state index contributed by atoms with van der Waals surface area (Å²) in [6.07, 6.45) is 2.91. The zero-order valence-corrected chi connectivity index (χ0v) is 18.1. The Morgan fingerprint density at radius 1 is 1.24 bits per heavy atom. The number of nitrogens with zero attached hydrogens (tertiary/aromatic N) is 3. The predicted molar refractivity (Wildman–Crippen MR) is 111 cm³/mol. The van der Waals surface area contributed by atoms with E-state index in [1.54, 1.807) is 13.1 Å². The third-order valence-electron chi connectivity index (χ3n) is 5.41. The van der Waals surface area contributed by atoms with Gasteiger partial charge in [-0.15, -0.1) is 0 Å². The number of hydrogen-bond acceptors (Lipinski definition) is 7. The lowest BCUT2D eigenvalue weighted by Gasteiger charge is -2.32. The van der Waals surface area contributed by atoms with Crippen molar-refractivity contribution < 1.29 is 18.8 Å². The first-order valence-corrected chi connectivity index (χ1v) is 9.68. The smallest absolute Gasteiger partial charge is 0.462 e. The molecule has 0 bridgehead atoms. The van der Waals surface area contributed by atoms with Crippen LogP contribution in [0, 0.1) is 0 Å². The molecule has 2 aromatic rings. The second-order valence-corrected chi connectivity index (χ2v) is 8.52. The van der Waals surface area contributed by atoms with Crippen LogP contribution in [0.25, 0.3) is 5.65 Å². The second kappa shape index (κ2) is 7.55. The Balaban J connectivity index is 2.18. The molecular weight excluding hydrogens is 373 g/mol. The molecule has 0 unspecified atom stereocenters. The van der Waals surface area contributed by atoms with Gasteiger partial charge in [0.25, 0.3) is 5.56 Å². The van der Waals surface area contributed by atoms with Gasteiger partial charge in [0, 0.05) is 24.5 Å². The van der Waals surface area contributed by atoms with Crippen molar-refractivity contribution in [1.82, 2.24) is 14.3 Å². The van der Waals surface area contributed by atoms with E-state index in [1.165, 1.54) is 10.6 Å². The quantitative estimate of drug-likeness (QED) is 0.551. The Morgan fingerprint density at radius 3 is 2.41 bits per heavy atom. The first-order valence-electron chi connectivity index (χ1n) is 9.68. The minimum absolute atomic E-state index is 0.105. The molecule has 0 aliphatic carbocycles. The van der Waals surface area contributed by atoms with Crippen LogP contribution in [0.15, 0.2) is 23.3 Å². The van der Waals surface area contributed by atoms with E-state index in [0.29, 0.717) is 17.7 Å². The molecule has 1 aliphatic rings. The maximum atomic E-state index is 13.0. The van der Waals surface area contributed by atoms with Crippen molar-refractivity contribution in [2.45, 2.75) is 52.4 Å². The number of esters is 1. The van der Waals surface area contributed by atoms with E-state index >= 15 is 0 Å². The summed E-state index contributed by atoms with van der Waals surface area (Å²) < 4.78 is 18.7. The molecule has 0 atom stereocenters. The molecule has 8 nitrogen and oxygen atoms in total. The summed E-state index contributed by atoms with van der Waals surface area (Å²) in [5, 5.41) is 0. The summed E-state index contributed by atoms with van der Waals surface area (Å²) in [6.45, 7) is 10.3. The molecule has 0 aromatic carbocycles. The summed E-state index contributed by atoms with van der Waals surface area (Å²) >= 11 is 0. The predicted octanol–water partition coefficient (Wildman–Crippen LogP) is 1.23. The molecule has 3 rings (SSSR count). The van der Waals surface area contributed by atoms with Gasteiger partial charge in [0.15, 0.2) is 0 Å².